The average Bonchev–Trinajstić information content (AvgIpc) is 2.56. The molecule has 1 aliphatic rings. The molecule has 0 radical (unpaired) electrons. The van der Waals surface area contributed by atoms with Crippen LogP contribution in [0.2, 0.25) is 0 Å². The summed E-state index contributed by atoms with van der Waals surface area (Å²) in [6.07, 6.45) is 2.44. The number of hydrogen-bond donors (Lipinski definition) is 3. The zero-order valence-corrected chi connectivity index (χ0v) is 13.1. The number of anilines is 2. The van der Waals surface area contributed by atoms with Crippen LogP contribution in [0.25, 0.3) is 11.0 Å². The van der Waals surface area contributed by atoms with Gasteiger partial charge in [0, 0.05) is 25.7 Å². The number of aliphatic hydroxyl groups is 1. The van der Waals surface area contributed by atoms with Gasteiger partial charge in [0.05, 0.1) is 5.52 Å². The van der Waals surface area contributed by atoms with Gasteiger partial charge in [-0.3, -0.25) is 4.90 Å². The van der Waals surface area contributed by atoms with Crippen molar-refractivity contribution in [1.29, 1.82) is 0 Å². The van der Waals surface area contributed by atoms with E-state index in [1.54, 1.807) is 0 Å². The normalized spacial score (nSPS) is 18.2. The molecule has 0 saturated carbocycles. The maximum Gasteiger partial charge on any atom is 0.216 e. The molecule has 0 aliphatic carbocycles. The second-order valence-electron chi connectivity index (χ2n) is 5.56. The molecule has 4 N–H and O–H groups in total. The van der Waals surface area contributed by atoms with Gasteiger partial charge in [0.15, 0.2) is 5.82 Å². The number of nitrogen functional groups attached to an aromatic ring is 1. The summed E-state index contributed by atoms with van der Waals surface area (Å²) >= 11 is 0. The van der Waals surface area contributed by atoms with Gasteiger partial charge in [-0.2, -0.15) is 0 Å². The van der Waals surface area contributed by atoms with Gasteiger partial charge in [-0.25, -0.2) is 15.0 Å². The van der Waals surface area contributed by atoms with Crippen molar-refractivity contribution in [3.8, 4) is 0 Å². The highest BCUT2D eigenvalue weighted by Gasteiger charge is 2.24. The van der Waals surface area contributed by atoms with Gasteiger partial charge >= 0.3 is 0 Å². The van der Waals surface area contributed by atoms with Crippen molar-refractivity contribution in [3.05, 3.63) is 18.5 Å². The molecule has 1 unspecified atom stereocenters. The lowest BCUT2D eigenvalue weighted by atomic mass is 10.1. The highest BCUT2D eigenvalue weighted by molar-refractivity contribution is 5.84. The van der Waals surface area contributed by atoms with Gasteiger partial charge in [0.25, 0.3) is 0 Å². The van der Waals surface area contributed by atoms with E-state index < -0.39 is 6.41 Å². The lowest BCUT2D eigenvalue weighted by Gasteiger charge is -2.34. The monoisotopic (exact) mass is 318 g/mol. The molecule has 1 saturated heterocycles. The van der Waals surface area contributed by atoms with Crippen LogP contribution in [0.1, 0.15) is 19.8 Å². The molecule has 1 atom stereocenters. The van der Waals surface area contributed by atoms with E-state index in [0.29, 0.717) is 24.0 Å². The van der Waals surface area contributed by atoms with Crippen molar-refractivity contribution in [2.75, 3.05) is 30.7 Å². The molecule has 3 rings (SSSR count). The summed E-state index contributed by atoms with van der Waals surface area (Å²) < 4.78 is 5.22. The molecular formula is C15H22N6O2. The van der Waals surface area contributed by atoms with Crippen LogP contribution in [0.4, 0.5) is 11.6 Å². The molecule has 0 amide bonds. The Labute approximate surface area is 134 Å². The summed E-state index contributed by atoms with van der Waals surface area (Å²) in [5.41, 5.74) is 7.20. The van der Waals surface area contributed by atoms with Crippen LogP contribution in [0, 0.1) is 0 Å². The van der Waals surface area contributed by atoms with Crippen LogP contribution in [-0.4, -0.2) is 57.1 Å². The number of aliphatic hydroxyl groups excluding tert-OH is 1. The summed E-state index contributed by atoms with van der Waals surface area (Å²) in [5, 5.41) is 13.3. The number of piperidine rings is 1. The lowest BCUT2D eigenvalue weighted by molar-refractivity contribution is -0.194. The largest absolute Gasteiger partial charge is 0.382 e. The number of pyridine rings is 1. The fourth-order valence-corrected chi connectivity index (χ4v) is 2.77. The Morgan fingerprint density at radius 1 is 1.39 bits per heavy atom. The Hall–Kier alpha value is -2.03. The van der Waals surface area contributed by atoms with Crippen LogP contribution in [0.15, 0.2) is 18.5 Å². The van der Waals surface area contributed by atoms with E-state index in [4.69, 9.17) is 10.5 Å². The van der Waals surface area contributed by atoms with Crippen molar-refractivity contribution in [1.82, 2.24) is 19.9 Å². The molecule has 124 valence electrons. The number of likely N-dealkylation sites (tertiary alicyclic amines) is 1. The summed E-state index contributed by atoms with van der Waals surface area (Å²) in [7, 11) is 0. The minimum absolute atomic E-state index is 0.302. The fraction of sp³-hybridized carbons (Fsp3) is 0.533. The van der Waals surface area contributed by atoms with E-state index in [1.807, 2.05) is 24.0 Å². The van der Waals surface area contributed by atoms with Crippen LogP contribution in [-0.2, 0) is 4.74 Å². The highest BCUT2D eigenvalue weighted by atomic mass is 16.6. The Bertz CT molecular complexity index is 659. The second kappa shape index (κ2) is 7.03. The molecule has 3 heterocycles. The summed E-state index contributed by atoms with van der Waals surface area (Å²) in [6, 6.07) is 4.09. The van der Waals surface area contributed by atoms with E-state index in [1.165, 1.54) is 6.33 Å². The van der Waals surface area contributed by atoms with E-state index in [0.717, 1.165) is 37.3 Å². The molecule has 1 aliphatic heterocycles. The maximum atomic E-state index is 9.84. The molecular weight excluding hydrogens is 296 g/mol. The number of aromatic nitrogens is 3. The summed E-state index contributed by atoms with van der Waals surface area (Å²) in [5.74, 6) is 1.15. The molecule has 0 aromatic carbocycles. The van der Waals surface area contributed by atoms with Crippen molar-refractivity contribution < 1.29 is 9.84 Å². The first-order valence-electron chi connectivity index (χ1n) is 7.85. The van der Waals surface area contributed by atoms with E-state index >= 15 is 0 Å². The predicted octanol–water partition coefficient (Wildman–Crippen LogP) is 0.796. The topological polar surface area (TPSA) is 109 Å². The number of nitrogens with one attached hydrogen (secondary N) is 1. The van der Waals surface area contributed by atoms with Gasteiger partial charge in [-0.05, 0) is 31.9 Å². The number of hydrogen-bond acceptors (Lipinski definition) is 8. The molecule has 2 aromatic heterocycles. The highest BCUT2D eigenvalue weighted by Crippen LogP contribution is 2.20. The van der Waals surface area contributed by atoms with Crippen LogP contribution in [0.3, 0.4) is 0 Å². The predicted molar refractivity (Wildman–Crippen MR) is 87.6 cm³/mol. The van der Waals surface area contributed by atoms with Gasteiger partial charge in [-0.15, -0.1) is 0 Å². The standard InChI is InChI=1S/C15H22N6O2/c1-2-23-15(22)21-7-5-10(6-8-21)19-12-4-3-11-13(20-12)14(16)18-9-17-11/h3-4,9-10,15,22H,2,5-8H2,1H3,(H,19,20)(H2,16,17,18). The third kappa shape index (κ3) is 3.66. The molecule has 8 nitrogen and oxygen atoms in total. The van der Waals surface area contributed by atoms with Crippen LogP contribution < -0.4 is 11.1 Å². The quantitative estimate of drug-likeness (QED) is 0.694. The second-order valence-corrected chi connectivity index (χ2v) is 5.56. The van der Waals surface area contributed by atoms with Crippen molar-refractivity contribution in [2.45, 2.75) is 32.2 Å². The first-order valence-corrected chi connectivity index (χ1v) is 7.85. The molecule has 1 fully saturated rings. The Kier molecular flexibility index (Phi) is 4.85. The number of nitrogens with two attached hydrogens (primary N) is 1. The van der Waals surface area contributed by atoms with Gasteiger partial charge in [0.1, 0.15) is 17.7 Å². The summed E-state index contributed by atoms with van der Waals surface area (Å²) in [6.45, 7) is 3.93. The molecule has 23 heavy (non-hydrogen) atoms. The third-order valence-corrected chi connectivity index (χ3v) is 4.02. The first kappa shape index (κ1) is 15.9. The number of rotatable bonds is 5. The summed E-state index contributed by atoms with van der Waals surface area (Å²) in [4.78, 5) is 14.6. The van der Waals surface area contributed by atoms with E-state index in [2.05, 4.69) is 20.3 Å². The third-order valence-electron chi connectivity index (χ3n) is 4.02. The van der Waals surface area contributed by atoms with E-state index in [-0.39, 0.29) is 0 Å². The minimum atomic E-state index is -0.809. The Morgan fingerprint density at radius 3 is 2.91 bits per heavy atom. The molecule has 8 heteroatoms. The van der Waals surface area contributed by atoms with Crippen molar-refractivity contribution >= 4 is 22.7 Å². The first-order chi connectivity index (χ1) is 11.2. The Balaban J connectivity index is 1.61. The lowest BCUT2D eigenvalue weighted by Crippen LogP contribution is -2.45. The molecule has 0 spiro atoms. The fourth-order valence-electron chi connectivity index (χ4n) is 2.77. The van der Waals surface area contributed by atoms with Gasteiger partial charge in [-0.1, -0.05) is 0 Å². The molecule has 0 bridgehead atoms. The van der Waals surface area contributed by atoms with Crippen molar-refractivity contribution in [3.63, 3.8) is 0 Å². The minimum Gasteiger partial charge on any atom is -0.382 e. The van der Waals surface area contributed by atoms with E-state index in [9.17, 15) is 5.11 Å². The number of nitrogens with zero attached hydrogens (tertiary/aromatic N) is 4. The smallest absolute Gasteiger partial charge is 0.216 e. The van der Waals surface area contributed by atoms with Crippen LogP contribution in [0.5, 0.6) is 0 Å². The zero-order valence-electron chi connectivity index (χ0n) is 13.1. The zero-order chi connectivity index (χ0) is 16.2. The van der Waals surface area contributed by atoms with Gasteiger partial charge < -0.3 is 20.9 Å². The average molecular weight is 318 g/mol. The maximum absolute atomic E-state index is 9.84. The van der Waals surface area contributed by atoms with Crippen molar-refractivity contribution in [2.24, 2.45) is 0 Å². The Morgan fingerprint density at radius 2 is 2.17 bits per heavy atom. The number of fused-ring (bicyclic) bond motifs is 1. The van der Waals surface area contributed by atoms with Gasteiger partial charge in [0.2, 0.25) is 6.41 Å². The molecule has 2 aromatic rings. The SMILES string of the molecule is CCOC(O)N1CCC(Nc2ccc3ncnc(N)c3n2)CC1. The number of ether oxygens (including phenoxy) is 1. The van der Waals surface area contributed by atoms with Crippen LogP contribution >= 0.6 is 0 Å².